The van der Waals surface area contributed by atoms with Crippen LogP contribution in [0.15, 0.2) is 10.5 Å². The van der Waals surface area contributed by atoms with E-state index in [-0.39, 0.29) is 0 Å². The first-order valence-electron chi connectivity index (χ1n) is 6.88. The van der Waals surface area contributed by atoms with Gasteiger partial charge in [-0.2, -0.15) is 0 Å². The van der Waals surface area contributed by atoms with E-state index in [1.165, 1.54) is 12.8 Å². The van der Waals surface area contributed by atoms with E-state index in [4.69, 9.17) is 0 Å². The molecule has 2 aromatic rings. The monoisotopic (exact) mass is 309 g/mol. The largest absolute Gasteiger partial charge is 0.316 e. The van der Waals surface area contributed by atoms with Crippen molar-refractivity contribution >= 4 is 23.1 Å². The van der Waals surface area contributed by atoms with Crippen LogP contribution in [0.4, 0.5) is 0 Å². The SMILES string of the molecule is Cc1csc(CSc2nnc(C3CCCNC3)n2C)n1. The van der Waals surface area contributed by atoms with Gasteiger partial charge in [0.05, 0.1) is 5.75 Å². The molecule has 0 amide bonds. The van der Waals surface area contributed by atoms with Crippen LogP contribution in [-0.2, 0) is 12.8 Å². The van der Waals surface area contributed by atoms with Gasteiger partial charge in [0.2, 0.25) is 0 Å². The average Bonchev–Trinajstić information content (AvgIpc) is 3.04. The van der Waals surface area contributed by atoms with Crippen molar-refractivity contribution in [2.45, 2.75) is 36.6 Å². The molecule has 20 heavy (non-hydrogen) atoms. The van der Waals surface area contributed by atoms with E-state index in [9.17, 15) is 0 Å². The van der Waals surface area contributed by atoms with Crippen LogP contribution in [-0.4, -0.2) is 32.8 Å². The Hall–Kier alpha value is -0.920. The fraction of sp³-hybridized carbons (Fsp3) is 0.615. The zero-order valence-corrected chi connectivity index (χ0v) is 13.4. The van der Waals surface area contributed by atoms with Crippen molar-refractivity contribution in [2.24, 2.45) is 7.05 Å². The van der Waals surface area contributed by atoms with Crippen LogP contribution in [0.3, 0.4) is 0 Å². The molecule has 3 heterocycles. The van der Waals surface area contributed by atoms with Crippen molar-refractivity contribution in [1.82, 2.24) is 25.1 Å². The number of piperidine rings is 1. The topological polar surface area (TPSA) is 55.6 Å². The summed E-state index contributed by atoms with van der Waals surface area (Å²) in [7, 11) is 2.07. The summed E-state index contributed by atoms with van der Waals surface area (Å²) < 4.78 is 2.14. The molecule has 2 aromatic heterocycles. The number of aryl methyl sites for hydroxylation is 1. The summed E-state index contributed by atoms with van der Waals surface area (Å²) >= 11 is 3.43. The lowest BCUT2D eigenvalue weighted by molar-refractivity contribution is 0.436. The lowest BCUT2D eigenvalue weighted by Gasteiger charge is -2.21. The van der Waals surface area contributed by atoms with Crippen molar-refractivity contribution in [3.05, 3.63) is 21.9 Å². The number of nitrogens with one attached hydrogen (secondary N) is 1. The first kappa shape index (κ1) is 14.0. The van der Waals surface area contributed by atoms with Crippen LogP contribution < -0.4 is 5.32 Å². The quantitative estimate of drug-likeness (QED) is 0.879. The lowest BCUT2D eigenvalue weighted by Crippen LogP contribution is -2.29. The van der Waals surface area contributed by atoms with E-state index < -0.39 is 0 Å². The van der Waals surface area contributed by atoms with Crippen LogP contribution in [0, 0.1) is 6.92 Å². The van der Waals surface area contributed by atoms with E-state index in [0.717, 1.165) is 40.5 Å². The minimum absolute atomic E-state index is 0.498. The van der Waals surface area contributed by atoms with Crippen molar-refractivity contribution in [2.75, 3.05) is 13.1 Å². The maximum Gasteiger partial charge on any atom is 0.191 e. The molecule has 1 unspecified atom stereocenters. The molecule has 7 heteroatoms. The molecule has 1 N–H and O–H groups in total. The minimum Gasteiger partial charge on any atom is -0.316 e. The summed E-state index contributed by atoms with van der Waals surface area (Å²) in [5.41, 5.74) is 1.09. The van der Waals surface area contributed by atoms with Gasteiger partial charge in [0.15, 0.2) is 5.16 Å². The number of hydrogen-bond acceptors (Lipinski definition) is 6. The second kappa shape index (κ2) is 6.24. The van der Waals surface area contributed by atoms with Gasteiger partial charge >= 0.3 is 0 Å². The second-order valence-electron chi connectivity index (χ2n) is 5.11. The molecule has 108 valence electrons. The molecule has 0 bridgehead atoms. The predicted octanol–water partition coefficient (Wildman–Crippen LogP) is 2.34. The highest BCUT2D eigenvalue weighted by Crippen LogP contribution is 2.27. The molecule has 1 aliphatic heterocycles. The van der Waals surface area contributed by atoms with E-state index in [1.807, 2.05) is 6.92 Å². The Labute approximate surface area is 127 Å². The Kier molecular flexibility index (Phi) is 4.38. The molecule has 5 nitrogen and oxygen atoms in total. The van der Waals surface area contributed by atoms with Gasteiger partial charge in [0, 0.05) is 30.6 Å². The fourth-order valence-corrected chi connectivity index (χ4v) is 4.18. The highest BCUT2D eigenvalue weighted by molar-refractivity contribution is 7.98. The van der Waals surface area contributed by atoms with Gasteiger partial charge in [-0.15, -0.1) is 21.5 Å². The van der Waals surface area contributed by atoms with Crippen LogP contribution in [0.25, 0.3) is 0 Å². The third-order valence-corrected chi connectivity index (χ3v) is 5.70. The fourth-order valence-electron chi connectivity index (χ4n) is 2.47. The Morgan fingerprint density at radius 1 is 1.50 bits per heavy atom. The summed E-state index contributed by atoms with van der Waals surface area (Å²) in [6.45, 7) is 4.17. The number of thioether (sulfide) groups is 1. The van der Waals surface area contributed by atoms with Gasteiger partial charge in [-0.3, -0.25) is 0 Å². The van der Waals surface area contributed by atoms with Crippen molar-refractivity contribution in [1.29, 1.82) is 0 Å². The Morgan fingerprint density at radius 2 is 2.40 bits per heavy atom. The standard InChI is InChI=1S/C13H19N5S2/c1-9-7-19-11(15-9)8-20-13-17-16-12(18(13)2)10-4-3-5-14-6-10/h7,10,14H,3-6,8H2,1-2H3. The maximum atomic E-state index is 4.48. The predicted molar refractivity (Wildman–Crippen MR) is 82.3 cm³/mol. The summed E-state index contributed by atoms with van der Waals surface area (Å²) in [6.07, 6.45) is 2.42. The second-order valence-corrected chi connectivity index (χ2v) is 7.00. The Morgan fingerprint density at radius 3 is 3.10 bits per heavy atom. The van der Waals surface area contributed by atoms with Crippen LogP contribution in [0.1, 0.15) is 35.3 Å². The van der Waals surface area contributed by atoms with Crippen molar-refractivity contribution in [3.63, 3.8) is 0 Å². The van der Waals surface area contributed by atoms with Gasteiger partial charge in [0.1, 0.15) is 10.8 Å². The molecule has 1 fully saturated rings. The molecule has 0 saturated carbocycles. The third kappa shape index (κ3) is 3.05. The van der Waals surface area contributed by atoms with Gasteiger partial charge in [-0.05, 0) is 26.3 Å². The zero-order chi connectivity index (χ0) is 13.9. The Bertz CT molecular complexity index is 571. The highest BCUT2D eigenvalue weighted by Gasteiger charge is 2.21. The molecule has 0 spiro atoms. The van der Waals surface area contributed by atoms with Crippen LogP contribution >= 0.6 is 23.1 Å². The average molecular weight is 309 g/mol. The summed E-state index contributed by atoms with van der Waals surface area (Å²) in [5.74, 6) is 2.47. The van der Waals surface area contributed by atoms with Gasteiger partial charge in [-0.1, -0.05) is 11.8 Å². The molecule has 1 aliphatic rings. The molecule has 3 rings (SSSR count). The maximum absolute atomic E-state index is 4.48. The number of hydrogen-bond donors (Lipinski definition) is 1. The van der Waals surface area contributed by atoms with Crippen LogP contribution in [0.2, 0.25) is 0 Å². The van der Waals surface area contributed by atoms with E-state index in [2.05, 4.69) is 37.5 Å². The van der Waals surface area contributed by atoms with Gasteiger partial charge in [-0.25, -0.2) is 4.98 Å². The number of thiazole rings is 1. The number of rotatable bonds is 4. The molecule has 0 aromatic carbocycles. The molecular weight excluding hydrogens is 290 g/mol. The molecule has 1 atom stereocenters. The Balaban J connectivity index is 1.66. The smallest absolute Gasteiger partial charge is 0.191 e. The molecular formula is C13H19N5S2. The normalized spacial score (nSPS) is 19.4. The van der Waals surface area contributed by atoms with Crippen LogP contribution in [0.5, 0.6) is 0 Å². The minimum atomic E-state index is 0.498. The first-order chi connectivity index (χ1) is 9.74. The number of aromatic nitrogens is 4. The number of nitrogens with zero attached hydrogens (tertiary/aromatic N) is 4. The van der Waals surface area contributed by atoms with E-state index >= 15 is 0 Å². The van der Waals surface area contributed by atoms with Gasteiger partial charge < -0.3 is 9.88 Å². The molecule has 1 saturated heterocycles. The molecule has 0 radical (unpaired) electrons. The molecule has 0 aliphatic carbocycles. The van der Waals surface area contributed by atoms with Crippen molar-refractivity contribution < 1.29 is 0 Å². The van der Waals surface area contributed by atoms with E-state index in [0.29, 0.717) is 5.92 Å². The van der Waals surface area contributed by atoms with E-state index in [1.54, 1.807) is 23.1 Å². The zero-order valence-electron chi connectivity index (χ0n) is 11.8. The summed E-state index contributed by atoms with van der Waals surface area (Å²) in [5, 5.41) is 16.4. The lowest BCUT2D eigenvalue weighted by atomic mass is 9.99. The first-order valence-corrected chi connectivity index (χ1v) is 8.74. The summed E-state index contributed by atoms with van der Waals surface area (Å²) in [6, 6.07) is 0. The third-order valence-electron chi connectivity index (χ3n) is 3.52. The van der Waals surface area contributed by atoms with Crippen molar-refractivity contribution in [3.8, 4) is 0 Å². The summed E-state index contributed by atoms with van der Waals surface area (Å²) in [4.78, 5) is 4.48. The highest BCUT2D eigenvalue weighted by atomic mass is 32.2. The van der Waals surface area contributed by atoms with Gasteiger partial charge in [0.25, 0.3) is 0 Å².